The first-order valence-electron chi connectivity index (χ1n) is 5.44. The molecule has 19 heavy (non-hydrogen) atoms. The highest BCUT2D eigenvalue weighted by molar-refractivity contribution is 6.34. The second kappa shape index (κ2) is 5.82. The minimum atomic E-state index is -0.408. The van der Waals surface area contributed by atoms with Crippen LogP contribution in [0.2, 0.25) is 10.0 Å². The quantitative estimate of drug-likeness (QED) is 0.726. The first-order valence-corrected chi connectivity index (χ1v) is 6.19. The van der Waals surface area contributed by atoms with E-state index in [-0.39, 0.29) is 0 Å². The molecule has 2 amide bonds. The number of nitrogen functional groups attached to an aromatic ring is 1. The average molecular weight is 296 g/mol. The Balaban J connectivity index is 2.05. The Labute approximate surface area is 120 Å². The molecule has 2 rings (SSSR count). The fourth-order valence-corrected chi connectivity index (χ4v) is 1.77. The van der Waals surface area contributed by atoms with Crippen molar-refractivity contribution in [2.75, 3.05) is 16.4 Å². The van der Waals surface area contributed by atoms with Gasteiger partial charge in [0.25, 0.3) is 0 Å². The second-order valence-electron chi connectivity index (χ2n) is 3.80. The molecular weight excluding hydrogens is 285 g/mol. The van der Waals surface area contributed by atoms with Crippen molar-refractivity contribution in [3.8, 4) is 0 Å². The molecule has 4 nitrogen and oxygen atoms in total. The molecule has 98 valence electrons. The zero-order valence-electron chi connectivity index (χ0n) is 9.78. The van der Waals surface area contributed by atoms with Crippen LogP contribution in [0.15, 0.2) is 42.5 Å². The Kier molecular flexibility index (Phi) is 4.14. The normalized spacial score (nSPS) is 10.0. The molecule has 0 bridgehead atoms. The standard InChI is InChI=1S/C13H11Cl2N3O/c14-9-6-5-8(7-11(9)16)17-13(19)18-12-4-2-1-3-10(12)15/h1-7H,16H2,(H2,17,18,19). The summed E-state index contributed by atoms with van der Waals surface area (Å²) in [7, 11) is 0. The molecule has 0 unspecified atom stereocenters. The zero-order chi connectivity index (χ0) is 13.8. The van der Waals surface area contributed by atoms with Crippen LogP contribution in [-0.2, 0) is 0 Å². The molecule has 0 heterocycles. The summed E-state index contributed by atoms with van der Waals surface area (Å²) in [4.78, 5) is 11.8. The van der Waals surface area contributed by atoms with Crippen LogP contribution in [-0.4, -0.2) is 6.03 Å². The Hall–Kier alpha value is -1.91. The molecule has 0 atom stereocenters. The molecule has 6 heteroatoms. The predicted octanol–water partition coefficient (Wildman–Crippen LogP) is 4.22. The maximum Gasteiger partial charge on any atom is 0.323 e. The number of halogens is 2. The molecule has 2 aromatic rings. The van der Waals surface area contributed by atoms with Gasteiger partial charge < -0.3 is 16.4 Å². The Bertz CT molecular complexity index is 617. The summed E-state index contributed by atoms with van der Waals surface area (Å²) in [5.74, 6) is 0. The molecule has 0 spiro atoms. The third-order valence-corrected chi connectivity index (χ3v) is 3.05. The number of nitrogens with two attached hydrogens (primary N) is 1. The summed E-state index contributed by atoms with van der Waals surface area (Å²) in [5.41, 5.74) is 7.13. The van der Waals surface area contributed by atoms with Crippen molar-refractivity contribution in [1.29, 1.82) is 0 Å². The van der Waals surface area contributed by atoms with Gasteiger partial charge in [-0.1, -0.05) is 35.3 Å². The van der Waals surface area contributed by atoms with Gasteiger partial charge in [0.2, 0.25) is 0 Å². The number of nitrogens with one attached hydrogen (secondary N) is 2. The van der Waals surface area contributed by atoms with Gasteiger partial charge in [0.05, 0.1) is 21.4 Å². The maximum absolute atomic E-state index is 11.8. The molecule has 0 aliphatic carbocycles. The van der Waals surface area contributed by atoms with Crippen LogP contribution in [0.25, 0.3) is 0 Å². The van der Waals surface area contributed by atoms with E-state index >= 15 is 0 Å². The number of benzene rings is 2. The summed E-state index contributed by atoms with van der Waals surface area (Å²) in [5, 5.41) is 6.18. The summed E-state index contributed by atoms with van der Waals surface area (Å²) in [6.45, 7) is 0. The van der Waals surface area contributed by atoms with Crippen molar-refractivity contribution in [3.05, 3.63) is 52.5 Å². The molecule has 0 aromatic heterocycles. The van der Waals surface area contributed by atoms with Gasteiger partial charge in [-0.15, -0.1) is 0 Å². The molecule has 0 saturated carbocycles. The van der Waals surface area contributed by atoms with E-state index in [1.807, 2.05) is 0 Å². The van der Waals surface area contributed by atoms with Gasteiger partial charge in [-0.25, -0.2) is 4.79 Å². The lowest BCUT2D eigenvalue weighted by molar-refractivity contribution is 0.262. The largest absolute Gasteiger partial charge is 0.397 e. The highest BCUT2D eigenvalue weighted by Crippen LogP contribution is 2.23. The number of hydrogen-bond acceptors (Lipinski definition) is 2. The molecule has 4 N–H and O–H groups in total. The summed E-state index contributed by atoms with van der Waals surface area (Å²) in [6, 6.07) is 11.4. The lowest BCUT2D eigenvalue weighted by Gasteiger charge is -2.09. The Morgan fingerprint density at radius 3 is 2.42 bits per heavy atom. The third kappa shape index (κ3) is 3.53. The Morgan fingerprint density at radius 1 is 1.00 bits per heavy atom. The number of hydrogen-bond donors (Lipinski definition) is 3. The van der Waals surface area contributed by atoms with E-state index in [9.17, 15) is 4.79 Å². The van der Waals surface area contributed by atoms with Crippen molar-refractivity contribution in [1.82, 2.24) is 0 Å². The average Bonchev–Trinajstić information content (AvgIpc) is 2.37. The first-order chi connectivity index (χ1) is 9.06. The molecule has 0 aliphatic rings. The van der Waals surface area contributed by atoms with Gasteiger partial charge in [-0.2, -0.15) is 0 Å². The summed E-state index contributed by atoms with van der Waals surface area (Å²) < 4.78 is 0. The minimum absolute atomic E-state index is 0.400. The highest BCUT2D eigenvalue weighted by atomic mass is 35.5. The van der Waals surface area contributed by atoms with Crippen molar-refractivity contribution in [2.45, 2.75) is 0 Å². The SMILES string of the molecule is Nc1cc(NC(=O)Nc2ccccc2Cl)ccc1Cl. The predicted molar refractivity (Wildman–Crippen MR) is 80.0 cm³/mol. The fraction of sp³-hybridized carbons (Fsp3) is 0. The van der Waals surface area contributed by atoms with E-state index in [2.05, 4.69) is 10.6 Å². The van der Waals surface area contributed by atoms with Crippen LogP contribution in [0.1, 0.15) is 0 Å². The monoisotopic (exact) mass is 295 g/mol. The third-order valence-electron chi connectivity index (χ3n) is 2.38. The molecule has 0 fully saturated rings. The van der Waals surface area contributed by atoms with Gasteiger partial charge in [-0.3, -0.25) is 0 Å². The van der Waals surface area contributed by atoms with Crippen LogP contribution >= 0.6 is 23.2 Å². The number of carbonyl (C=O) groups excluding carboxylic acids is 1. The lowest BCUT2D eigenvalue weighted by Crippen LogP contribution is -2.19. The van der Waals surface area contributed by atoms with Crippen molar-refractivity contribution in [2.24, 2.45) is 0 Å². The van der Waals surface area contributed by atoms with Crippen LogP contribution in [0.5, 0.6) is 0 Å². The van der Waals surface area contributed by atoms with Crippen LogP contribution < -0.4 is 16.4 Å². The van der Waals surface area contributed by atoms with Crippen LogP contribution in [0.4, 0.5) is 21.9 Å². The van der Waals surface area contributed by atoms with Gasteiger partial charge >= 0.3 is 6.03 Å². The van der Waals surface area contributed by atoms with Crippen molar-refractivity contribution < 1.29 is 4.79 Å². The number of urea groups is 1. The number of rotatable bonds is 2. The van der Waals surface area contributed by atoms with Crippen LogP contribution in [0.3, 0.4) is 0 Å². The van der Waals surface area contributed by atoms with E-state index in [0.717, 1.165) is 0 Å². The summed E-state index contributed by atoms with van der Waals surface area (Å²) >= 11 is 11.7. The second-order valence-corrected chi connectivity index (χ2v) is 4.61. The molecule has 2 aromatic carbocycles. The number of carbonyl (C=O) groups is 1. The number of para-hydroxylation sites is 1. The smallest absolute Gasteiger partial charge is 0.323 e. The Morgan fingerprint density at radius 2 is 1.74 bits per heavy atom. The number of amides is 2. The highest BCUT2D eigenvalue weighted by Gasteiger charge is 2.06. The lowest BCUT2D eigenvalue weighted by atomic mass is 10.3. The first kappa shape index (κ1) is 13.5. The van der Waals surface area contributed by atoms with E-state index in [1.165, 1.54) is 0 Å². The topological polar surface area (TPSA) is 67.1 Å². The molecular formula is C13H11Cl2N3O. The van der Waals surface area contributed by atoms with E-state index in [4.69, 9.17) is 28.9 Å². The number of anilines is 3. The van der Waals surface area contributed by atoms with Gasteiger partial charge in [0.15, 0.2) is 0 Å². The van der Waals surface area contributed by atoms with Gasteiger partial charge in [0, 0.05) is 5.69 Å². The van der Waals surface area contributed by atoms with Crippen LogP contribution in [0, 0.1) is 0 Å². The summed E-state index contributed by atoms with van der Waals surface area (Å²) in [6.07, 6.45) is 0. The van der Waals surface area contributed by atoms with Gasteiger partial charge in [-0.05, 0) is 30.3 Å². The molecule has 0 radical (unpaired) electrons. The maximum atomic E-state index is 11.8. The van der Waals surface area contributed by atoms with Crippen molar-refractivity contribution >= 4 is 46.3 Å². The fourth-order valence-electron chi connectivity index (χ4n) is 1.47. The molecule has 0 saturated heterocycles. The minimum Gasteiger partial charge on any atom is -0.397 e. The van der Waals surface area contributed by atoms with Gasteiger partial charge in [0.1, 0.15) is 0 Å². The van der Waals surface area contributed by atoms with E-state index in [1.54, 1.807) is 42.5 Å². The zero-order valence-corrected chi connectivity index (χ0v) is 11.3. The van der Waals surface area contributed by atoms with E-state index < -0.39 is 6.03 Å². The van der Waals surface area contributed by atoms with Crippen molar-refractivity contribution in [3.63, 3.8) is 0 Å². The molecule has 0 aliphatic heterocycles. The van der Waals surface area contributed by atoms with E-state index in [0.29, 0.717) is 27.1 Å².